The molecule has 0 aliphatic carbocycles. The lowest BCUT2D eigenvalue weighted by molar-refractivity contribution is 0.0968. The second-order valence-electron chi connectivity index (χ2n) is 12.0. The van der Waals surface area contributed by atoms with E-state index in [9.17, 15) is 13.2 Å². The molecule has 0 aromatic heterocycles. The monoisotopic (exact) mass is 681 g/mol. The topological polar surface area (TPSA) is 88.2 Å². The van der Waals surface area contributed by atoms with E-state index in [1.54, 1.807) is 48.4 Å². The van der Waals surface area contributed by atoms with Crippen LogP contribution in [-0.2, 0) is 16.6 Å². The minimum absolute atomic E-state index is 0.0233. The zero-order valence-electron chi connectivity index (χ0n) is 27.6. The lowest BCUT2D eigenvalue weighted by Gasteiger charge is -2.46. The fourth-order valence-corrected chi connectivity index (χ4v) is 7.15. The Kier molecular flexibility index (Phi) is 8.98. The summed E-state index contributed by atoms with van der Waals surface area (Å²) in [6, 6.07) is 46.4. The maximum Gasteiger partial charge on any atom is 0.262 e. The predicted molar refractivity (Wildman–Crippen MR) is 197 cm³/mol. The highest BCUT2D eigenvalue weighted by molar-refractivity contribution is 7.92. The van der Waals surface area contributed by atoms with Crippen molar-refractivity contribution in [3.05, 3.63) is 174 Å². The third-order valence-electron chi connectivity index (χ3n) is 8.58. The smallest absolute Gasteiger partial charge is 0.262 e. The molecule has 9 heteroatoms. The third kappa shape index (κ3) is 6.76. The first-order valence-electron chi connectivity index (χ1n) is 16.1. The molecule has 1 atom stereocenters. The Morgan fingerprint density at radius 2 is 1.32 bits per heavy atom. The van der Waals surface area contributed by atoms with Crippen LogP contribution in [0.15, 0.2) is 157 Å². The van der Waals surface area contributed by atoms with Crippen molar-refractivity contribution in [1.29, 1.82) is 0 Å². The van der Waals surface area contributed by atoms with Gasteiger partial charge in [0, 0.05) is 17.9 Å². The number of sulfonamides is 1. The Hall–Kier alpha value is -6.06. The number of hydrogen-bond acceptors (Lipinski definition) is 6. The summed E-state index contributed by atoms with van der Waals surface area (Å²) >= 11 is 0. The number of nitrogens with zero attached hydrogens (tertiary/aromatic N) is 2. The molecular weight excluding hydrogens is 647 g/mol. The molecule has 0 spiro atoms. The van der Waals surface area contributed by atoms with Crippen LogP contribution in [0, 0.1) is 6.92 Å². The molecule has 0 fully saturated rings. The summed E-state index contributed by atoms with van der Waals surface area (Å²) in [6.45, 7) is 2.45. The van der Waals surface area contributed by atoms with Gasteiger partial charge in [-0.2, -0.15) is 0 Å². The molecule has 1 aliphatic heterocycles. The van der Waals surface area contributed by atoms with E-state index in [-0.39, 0.29) is 16.4 Å². The number of fused-ring (bicyclic) bond motifs is 1. The quantitative estimate of drug-likeness (QED) is 0.155. The molecule has 0 unspecified atom stereocenters. The van der Waals surface area contributed by atoms with Gasteiger partial charge >= 0.3 is 0 Å². The van der Waals surface area contributed by atoms with Gasteiger partial charge in [-0.05, 0) is 96.9 Å². The van der Waals surface area contributed by atoms with Gasteiger partial charge < -0.3 is 14.4 Å². The number of nitrogens with one attached hydrogen (secondary N) is 1. The zero-order valence-corrected chi connectivity index (χ0v) is 28.4. The minimum atomic E-state index is -4.04. The van der Waals surface area contributed by atoms with Crippen LogP contribution in [0.25, 0.3) is 0 Å². The van der Waals surface area contributed by atoms with Crippen LogP contribution in [0.2, 0.25) is 0 Å². The maximum atomic E-state index is 14.7. The number of methoxy groups -OCH3 is 1. The van der Waals surface area contributed by atoms with Crippen molar-refractivity contribution in [2.45, 2.75) is 24.5 Å². The van der Waals surface area contributed by atoms with Gasteiger partial charge in [-0.3, -0.25) is 14.4 Å². The lowest BCUT2D eigenvalue weighted by atomic mass is 9.98. The fourth-order valence-electron chi connectivity index (χ4n) is 6.07. The fraction of sp³-hybridized carbons (Fsp3) is 0.0976. The summed E-state index contributed by atoms with van der Waals surface area (Å²) in [5.74, 6) is 1.68. The molecule has 1 amide bonds. The van der Waals surface area contributed by atoms with Crippen LogP contribution in [-0.4, -0.2) is 21.4 Å². The Bertz CT molecular complexity index is 2210. The van der Waals surface area contributed by atoms with E-state index in [4.69, 9.17) is 9.47 Å². The lowest BCUT2D eigenvalue weighted by Crippen LogP contribution is -2.49. The first-order valence-corrected chi connectivity index (χ1v) is 17.6. The van der Waals surface area contributed by atoms with E-state index in [2.05, 4.69) is 9.62 Å². The van der Waals surface area contributed by atoms with E-state index in [1.165, 1.54) is 6.07 Å². The molecule has 8 nitrogen and oxygen atoms in total. The Morgan fingerprint density at radius 1 is 0.700 bits per heavy atom. The van der Waals surface area contributed by atoms with Gasteiger partial charge in [0.25, 0.3) is 15.9 Å². The van der Waals surface area contributed by atoms with Gasteiger partial charge in [0.15, 0.2) is 0 Å². The number of anilines is 3. The summed E-state index contributed by atoms with van der Waals surface area (Å²) in [5, 5.41) is 0. The molecule has 250 valence electrons. The van der Waals surface area contributed by atoms with Crippen LogP contribution in [0.3, 0.4) is 0 Å². The standard InChI is InChI=1S/C41H35N3O5S/c1-29-13-19-33(20-14-29)44-40(31-15-21-36(22-16-31)49-35-11-7-4-8-12-35)43(28-30-9-5-3-6-10-30)39-26-25-37(27-38(39)41(44)45)50(46,47)42-32-17-23-34(48-2)24-18-32/h3-27,40,42H,28H2,1-2H3/t40-/m0/s1. The number of rotatable bonds is 10. The van der Waals surface area contributed by atoms with Gasteiger partial charge in [-0.25, -0.2) is 8.42 Å². The zero-order chi connectivity index (χ0) is 34.7. The van der Waals surface area contributed by atoms with Crippen LogP contribution in [0.5, 0.6) is 17.2 Å². The number of amides is 1. The van der Waals surface area contributed by atoms with Gasteiger partial charge in [0.2, 0.25) is 0 Å². The van der Waals surface area contributed by atoms with Crippen molar-refractivity contribution < 1.29 is 22.7 Å². The molecule has 0 bridgehead atoms. The number of para-hydroxylation sites is 1. The number of carbonyl (C=O) groups is 1. The summed E-state index contributed by atoms with van der Waals surface area (Å²) < 4.78 is 41.2. The molecule has 1 aliphatic rings. The van der Waals surface area contributed by atoms with E-state index in [0.29, 0.717) is 35.1 Å². The first-order chi connectivity index (χ1) is 24.3. The van der Waals surface area contributed by atoms with Crippen molar-refractivity contribution in [2.75, 3.05) is 21.6 Å². The average Bonchev–Trinajstić information content (AvgIpc) is 3.14. The Balaban J connectivity index is 1.33. The predicted octanol–water partition coefficient (Wildman–Crippen LogP) is 8.96. The molecular formula is C41H35N3O5S. The van der Waals surface area contributed by atoms with Crippen LogP contribution in [0.1, 0.15) is 33.2 Å². The normalized spacial score (nSPS) is 14.2. The van der Waals surface area contributed by atoms with Crippen LogP contribution < -0.4 is 24.0 Å². The van der Waals surface area contributed by atoms with Crippen molar-refractivity contribution in [2.24, 2.45) is 0 Å². The van der Waals surface area contributed by atoms with Crippen molar-refractivity contribution in [1.82, 2.24) is 0 Å². The average molecular weight is 682 g/mol. The Morgan fingerprint density at radius 3 is 1.98 bits per heavy atom. The van der Waals surface area contributed by atoms with E-state index in [0.717, 1.165) is 22.4 Å². The van der Waals surface area contributed by atoms with E-state index >= 15 is 0 Å². The number of ether oxygens (including phenoxy) is 2. The molecule has 0 radical (unpaired) electrons. The molecule has 6 aromatic carbocycles. The molecule has 1 heterocycles. The van der Waals surface area contributed by atoms with Crippen molar-refractivity contribution in [3.63, 3.8) is 0 Å². The highest BCUT2D eigenvalue weighted by Gasteiger charge is 2.40. The van der Waals surface area contributed by atoms with Gasteiger partial charge in [0.05, 0.1) is 23.3 Å². The second kappa shape index (κ2) is 13.8. The molecule has 1 N–H and O–H groups in total. The maximum absolute atomic E-state index is 14.7. The molecule has 0 saturated heterocycles. The van der Waals surface area contributed by atoms with Crippen LogP contribution in [0.4, 0.5) is 17.1 Å². The first kappa shape index (κ1) is 32.5. The van der Waals surface area contributed by atoms with Crippen LogP contribution >= 0.6 is 0 Å². The Labute approximate surface area is 292 Å². The van der Waals surface area contributed by atoms with E-state index in [1.807, 2.05) is 116 Å². The summed E-state index contributed by atoms with van der Waals surface area (Å²) in [4.78, 5) is 18.6. The molecule has 6 aromatic rings. The van der Waals surface area contributed by atoms with Gasteiger partial charge in [-0.15, -0.1) is 0 Å². The van der Waals surface area contributed by atoms with Crippen molar-refractivity contribution in [3.8, 4) is 17.2 Å². The van der Waals surface area contributed by atoms with E-state index < -0.39 is 16.2 Å². The van der Waals surface area contributed by atoms with Crippen molar-refractivity contribution >= 4 is 33.0 Å². The number of hydrogen-bond donors (Lipinski definition) is 1. The van der Waals surface area contributed by atoms with Gasteiger partial charge in [0.1, 0.15) is 23.4 Å². The highest BCUT2D eigenvalue weighted by atomic mass is 32.2. The number of carbonyl (C=O) groups excluding carboxylic acids is 1. The summed E-state index contributed by atoms with van der Waals surface area (Å²) in [7, 11) is -2.50. The minimum Gasteiger partial charge on any atom is -0.497 e. The third-order valence-corrected chi connectivity index (χ3v) is 9.96. The number of benzene rings is 6. The molecule has 7 rings (SSSR count). The second-order valence-corrected chi connectivity index (χ2v) is 13.7. The summed E-state index contributed by atoms with van der Waals surface area (Å²) in [6.07, 6.45) is -0.566. The SMILES string of the molecule is COc1ccc(NS(=O)(=O)c2ccc3c(c2)C(=O)N(c2ccc(C)cc2)[C@@H](c2ccc(Oc4ccccc4)cc2)N3Cc2ccccc2)cc1. The largest absolute Gasteiger partial charge is 0.497 e. The molecule has 50 heavy (non-hydrogen) atoms. The summed E-state index contributed by atoms with van der Waals surface area (Å²) in [5.41, 5.74) is 4.91. The number of aryl methyl sites for hydroxylation is 1. The molecule has 0 saturated carbocycles. The van der Waals surface area contributed by atoms with Gasteiger partial charge in [-0.1, -0.05) is 78.4 Å². The highest BCUT2D eigenvalue weighted by Crippen LogP contribution is 2.43.